The smallest absolute Gasteiger partial charge is 0.223 e. The van der Waals surface area contributed by atoms with Crippen LogP contribution in [0, 0.1) is 6.92 Å². The first-order valence-electron chi connectivity index (χ1n) is 5.44. The van der Waals surface area contributed by atoms with Gasteiger partial charge in [0.15, 0.2) is 0 Å². The van der Waals surface area contributed by atoms with Gasteiger partial charge >= 0.3 is 0 Å². The fraction of sp³-hybridized carbons (Fsp3) is 0.167. The summed E-state index contributed by atoms with van der Waals surface area (Å²) >= 11 is 3.54. The van der Waals surface area contributed by atoms with Crippen LogP contribution in [0.5, 0.6) is 0 Å². The van der Waals surface area contributed by atoms with Gasteiger partial charge in [0.1, 0.15) is 11.6 Å². The largest absolute Gasteiger partial charge is 0.373 e. The van der Waals surface area contributed by atoms with Crippen LogP contribution in [-0.2, 0) is 0 Å². The van der Waals surface area contributed by atoms with Crippen LogP contribution >= 0.6 is 15.9 Å². The molecule has 0 aliphatic heterocycles. The van der Waals surface area contributed by atoms with E-state index in [1.165, 1.54) is 0 Å². The third-order valence-electron chi connectivity index (χ3n) is 2.45. The predicted molar refractivity (Wildman–Crippen MR) is 78.2 cm³/mol. The van der Waals surface area contributed by atoms with E-state index in [-0.39, 0.29) is 5.95 Å². The van der Waals surface area contributed by atoms with E-state index in [9.17, 15) is 0 Å². The molecule has 0 spiro atoms. The van der Waals surface area contributed by atoms with Gasteiger partial charge in [-0.3, -0.25) is 0 Å². The molecule has 0 fully saturated rings. The van der Waals surface area contributed by atoms with Crippen LogP contribution in [0.4, 0.5) is 23.3 Å². The zero-order valence-corrected chi connectivity index (χ0v) is 11.7. The molecule has 5 nitrogen and oxygen atoms in total. The van der Waals surface area contributed by atoms with Crippen LogP contribution < -0.4 is 16.4 Å². The second-order valence-corrected chi connectivity index (χ2v) is 4.60. The Labute approximate surface area is 114 Å². The van der Waals surface area contributed by atoms with Gasteiger partial charge in [-0.05, 0) is 34.5 Å². The molecule has 0 atom stereocenters. The number of hydrogen-bond donors (Lipinski definition) is 3. The molecule has 0 saturated carbocycles. The Hall–Kier alpha value is -1.82. The van der Waals surface area contributed by atoms with Gasteiger partial charge in [0.05, 0.1) is 5.69 Å². The Morgan fingerprint density at radius 3 is 2.67 bits per heavy atom. The summed E-state index contributed by atoms with van der Waals surface area (Å²) in [6.45, 7) is 2.03. The number of rotatable bonds is 3. The molecule has 0 amide bonds. The molecule has 0 radical (unpaired) electrons. The first-order chi connectivity index (χ1) is 8.60. The minimum atomic E-state index is 0.230. The number of halogens is 1. The minimum Gasteiger partial charge on any atom is -0.373 e. The standard InChI is InChI=1S/C12H14BrN5/c1-7-4-3-5-8(11(7)13)16-10-6-9(15-2)17-12(14)18-10/h3-6H,1-2H3,(H4,14,15,16,17,18). The van der Waals surface area contributed by atoms with Crippen molar-refractivity contribution in [2.75, 3.05) is 23.4 Å². The maximum Gasteiger partial charge on any atom is 0.223 e. The summed E-state index contributed by atoms with van der Waals surface area (Å²) in [6.07, 6.45) is 0. The van der Waals surface area contributed by atoms with E-state index in [1.54, 1.807) is 13.1 Å². The molecule has 0 aliphatic rings. The SMILES string of the molecule is CNc1cc(Nc2cccc(C)c2Br)nc(N)n1. The number of anilines is 4. The van der Waals surface area contributed by atoms with Gasteiger partial charge in [-0.1, -0.05) is 12.1 Å². The molecule has 0 bridgehead atoms. The third kappa shape index (κ3) is 2.70. The van der Waals surface area contributed by atoms with Crippen molar-refractivity contribution in [1.82, 2.24) is 9.97 Å². The number of aryl methyl sites for hydroxylation is 1. The number of benzene rings is 1. The number of nitrogens with two attached hydrogens (primary N) is 1. The first kappa shape index (κ1) is 12.6. The Bertz CT molecular complexity index is 570. The maximum absolute atomic E-state index is 5.64. The number of nitrogens with one attached hydrogen (secondary N) is 2. The van der Waals surface area contributed by atoms with Crippen LogP contribution in [-0.4, -0.2) is 17.0 Å². The van der Waals surface area contributed by atoms with Crippen molar-refractivity contribution in [3.8, 4) is 0 Å². The lowest BCUT2D eigenvalue weighted by Gasteiger charge is -2.11. The zero-order chi connectivity index (χ0) is 13.1. The van der Waals surface area contributed by atoms with Gasteiger partial charge in [0.25, 0.3) is 0 Å². The topological polar surface area (TPSA) is 75.9 Å². The monoisotopic (exact) mass is 307 g/mol. The molecule has 2 rings (SSSR count). The molecular weight excluding hydrogens is 294 g/mol. The molecule has 4 N–H and O–H groups in total. The van der Waals surface area contributed by atoms with Crippen LogP contribution in [0.3, 0.4) is 0 Å². The second kappa shape index (κ2) is 5.22. The van der Waals surface area contributed by atoms with Crippen molar-refractivity contribution in [2.24, 2.45) is 0 Å². The van der Waals surface area contributed by atoms with Crippen LogP contribution in [0.15, 0.2) is 28.7 Å². The predicted octanol–water partition coefficient (Wildman–Crippen LogP) is 2.92. The van der Waals surface area contributed by atoms with Gasteiger partial charge in [-0.25, -0.2) is 0 Å². The highest BCUT2D eigenvalue weighted by molar-refractivity contribution is 9.10. The Balaban J connectivity index is 2.34. The van der Waals surface area contributed by atoms with E-state index in [1.807, 2.05) is 25.1 Å². The Morgan fingerprint density at radius 1 is 1.22 bits per heavy atom. The normalized spacial score (nSPS) is 10.2. The molecule has 6 heteroatoms. The van der Waals surface area contributed by atoms with Gasteiger partial charge in [0.2, 0.25) is 5.95 Å². The average molecular weight is 308 g/mol. The second-order valence-electron chi connectivity index (χ2n) is 3.81. The lowest BCUT2D eigenvalue weighted by Crippen LogP contribution is -2.03. The molecule has 0 aliphatic carbocycles. The number of nitrogen functional groups attached to an aromatic ring is 1. The first-order valence-corrected chi connectivity index (χ1v) is 6.24. The summed E-state index contributed by atoms with van der Waals surface area (Å²) in [5.41, 5.74) is 7.73. The van der Waals surface area contributed by atoms with Crippen LogP contribution in [0.2, 0.25) is 0 Å². The molecule has 2 aromatic rings. The van der Waals surface area contributed by atoms with Gasteiger partial charge in [-0.15, -0.1) is 0 Å². The van der Waals surface area contributed by atoms with Crippen molar-refractivity contribution in [2.45, 2.75) is 6.92 Å². The van der Waals surface area contributed by atoms with Crippen molar-refractivity contribution in [3.05, 3.63) is 34.3 Å². The summed E-state index contributed by atoms with van der Waals surface area (Å²) in [5, 5.41) is 6.15. The lowest BCUT2D eigenvalue weighted by atomic mass is 10.2. The fourth-order valence-electron chi connectivity index (χ4n) is 1.54. The van der Waals surface area contributed by atoms with E-state index in [2.05, 4.69) is 36.5 Å². The molecule has 1 aromatic carbocycles. The van der Waals surface area contributed by atoms with Gasteiger partial charge in [0, 0.05) is 17.6 Å². The highest BCUT2D eigenvalue weighted by Crippen LogP contribution is 2.28. The summed E-state index contributed by atoms with van der Waals surface area (Å²) in [6, 6.07) is 7.77. The van der Waals surface area contributed by atoms with Crippen LogP contribution in [0.1, 0.15) is 5.56 Å². The molecule has 0 unspecified atom stereocenters. The highest BCUT2D eigenvalue weighted by atomic mass is 79.9. The Morgan fingerprint density at radius 2 is 1.94 bits per heavy atom. The molecular formula is C12H14BrN5. The quantitative estimate of drug-likeness (QED) is 0.813. The lowest BCUT2D eigenvalue weighted by molar-refractivity contribution is 1.17. The number of aromatic nitrogens is 2. The summed E-state index contributed by atoms with van der Waals surface area (Å²) in [4.78, 5) is 8.18. The molecule has 94 valence electrons. The molecule has 1 heterocycles. The molecule has 0 saturated heterocycles. The number of hydrogen-bond acceptors (Lipinski definition) is 5. The summed E-state index contributed by atoms with van der Waals surface area (Å²) < 4.78 is 1.01. The fourth-order valence-corrected chi connectivity index (χ4v) is 1.90. The van der Waals surface area contributed by atoms with E-state index < -0.39 is 0 Å². The van der Waals surface area contributed by atoms with Crippen molar-refractivity contribution in [1.29, 1.82) is 0 Å². The number of nitrogens with zero attached hydrogens (tertiary/aromatic N) is 2. The third-order valence-corrected chi connectivity index (χ3v) is 3.51. The summed E-state index contributed by atoms with van der Waals surface area (Å²) in [5.74, 6) is 1.56. The van der Waals surface area contributed by atoms with E-state index >= 15 is 0 Å². The summed E-state index contributed by atoms with van der Waals surface area (Å²) in [7, 11) is 1.79. The van der Waals surface area contributed by atoms with E-state index in [0.717, 1.165) is 15.7 Å². The van der Waals surface area contributed by atoms with Crippen molar-refractivity contribution < 1.29 is 0 Å². The molecule has 1 aromatic heterocycles. The van der Waals surface area contributed by atoms with Crippen LogP contribution in [0.25, 0.3) is 0 Å². The van der Waals surface area contributed by atoms with Crippen molar-refractivity contribution in [3.63, 3.8) is 0 Å². The molecule has 18 heavy (non-hydrogen) atoms. The van der Waals surface area contributed by atoms with Gasteiger partial charge in [-0.2, -0.15) is 9.97 Å². The highest BCUT2D eigenvalue weighted by Gasteiger charge is 2.05. The minimum absolute atomic E-state index is 0.230. The Kier molecular flexibility index (Phi) is 3.66. The zero-order valence-electron chi connectivity index (χ0n) is 10.2. The maximum atomic E-state index is 5.64. The average Bonchev–Trinajstić information content (AvgIpc) is 2.34. The van der Waals surface area contributed by atoms with E-state index in [4.69, 9.17) is 5.73 Å². The van der Waals surface area contributed by atoms with Gasteiger partial charge < -0.3 is 16.4 Å². The van der Waals surface area contributed by atoms with E-state index in [0.29, 0.717) is 11.6 Å². The van der Waals surface area contributed by atoms with Crippen molar-refractivity contribution >= 4 is 39.2 Å².